The number of nitrogens with one attached hydrogen (secondary N) is 2. The topological polar surface area (TPSA) is 66.6 Å². The van der Waals surface area contributed by atoms with Crippen LogP contribution in [-0.4, -0.2) is 19.9 Å². The Morgan fingerprint density at radius 3 is 1.46 bits per heavy atom. The number of aryl methyl sites for hydroxylation is 2. The molecule has 6 aromatic rings. The number of H-pyrrole nitrogens is 2. The zero-order chi connectivity index (χ0) is 26.3. The second kappa shape index (κ2) is 12.1. The van der Waals surface area contributed by atoms with Crippen molar-refractivity contribution in [1.82, 2.24) is 19.9 Å². The van der Waals surface area contributed by atoms with Crippen LogP contribution >= 0.6 is 0 Å². The second-order valence-electron chi connectivity index (χ2n) is 10.2. The highest BCUT2D eigenvalue weighted by Crippen LogP contribution is 2.36. The summed E-state index contributed by atoms with van der Waals surface area (Å²) in [6.45, 7) is 0. The van der Waals surface area contributed by atoms with Crippen molar-refractivity contribution in [2.24, 2.45) is 0 Å². The molecule has 2 aromatic heterocycles. The van der Waals surface area contributed by atoms with Gasteiger partial charge in [0.2, 0.25) is 0 Å². The van der Waals surface area contributed by atoms with E-state index in [0.717, 1.165) is 49.9 Å². The van der Waals surface area contributed by atoms with Crippen LogP contribution in [0.2, 0.25) is 0 Å². The molecule has 0 amide bonds. The number of imidazole rings is 2. The van der Waals surface area contributed by atoms with Crippen LogP contribution in [0.3, 0.4) is 0 Å². The van der Waals surface area contributed by atoms with Gasteiger partial charge in [-0.15, -0.1) is 0 Å². The van der Waals surface area contributed by atoms with E-state index >= 15 is 0 Å². The highest BCUT2D eigenvalue weighted by Gasteiger charge is 2.21. The number of benzene rings is 4. The molecule has 5 heteroatoms. The lowest BCUT2D eigenvalue weighted by Gasteiger charge is -2.27. The fourth-order valence-electron chi connectivity index (χ4n) is 5.43. The lowest BCUT2D eigenvalue weighted by molar-refractivity contribution is -0.0257. The molecule has 0 saturated heterocycles. The quantitative estimate of drug-likeness (QED) is 0.173. The van der Waals surface area contributed by atoms with Crippen molar-refractivity contribution >= 4 is 21.5 Å². The number of fused-ring (bicyclic) bond motifs is 2. The molecule has 0 aliphatic carbocycles. The SMILES string of the molecule is c1ccc2cc(C(CCCc3c[nH]cn3)OC(CCCc3c[nH]cn3)c3ccc4ccccc4c3)ccc2c1. The van der Waals surface area contributed by atoms with E-state index in [2.05, 4.69) is 105 Å². The third kappa shape index (κ3) is 6.27. The van der Waals surface area contributed by atoms with Gasteiger partial charge in [0.05, 0.1) is 36.3 Å². The minimum absolute atomic E-state index is 0.0181. The van der Waals surface area contributed by atoms with Gasteiger partial charge in [-0.3, -0.25) is 0 Å². The first kappa shape index (κ1) is 25.1. The van der Waals surface area contributed by atoms with E-state index in [0.29, 0.717) is 0 Å². The van der Waals surface area contributed by atoms with Crippen LogP contribution in [0.1, 0.15) is 60.4 Å². The molecule has 0 spiro atoms. The lowest BCUT2D eigenvalue weighted by atomic mass is 9.97. The number of aromatic amines is 2. The van der Waals surface area contributed by atoms with Crippen LogP contribution in [0.15, 0.2) is 110 Å². The number of aromatic nitrogens is 4. The van der Waals surface area contributed by atoms with E-state index in [9.17, 15) is 0 Å². The van der Waals surface area contributed by atoms with Gasteiger partial charge < -0.3 is 14.7 Å². The molecule has 0 saturated carbocycles. The Hall–Kier alpha value is -4.22. The molecule has 6 rings (SSSR count). The first-order chi connectivity index (χ1) is 19.3. The molecular weight excluding hydrogens is 480 g/mol. The Morgan fingerprint density at radius 2 is 1.03 bits per heavy atom. The van der Waals surface area contributed by atoms with E-state index < -0.39 is 0 Å². The summed E-state index contributed by atoms with van der Waals surface area (Å²) in [5, 5.41) is 5.00. The molecule has 4 aromatic carbocycles. The maximum atomic E-state index is 7.10. The molecule has 196 valence electrons. The highest BCUT2D eigenvalue weighted by molar-refractivity contribution is 5.83. The molecule has 0 bridgehead atoms. The Balaban J connectivity index is 1.28. The molecule has 0 aliphatic heterocycles. The predicted molar refractivity (Wildman–Crippen MR) is 158 cm³/mol. The summed E-state index contributed by atoms with van der Waals surface area (Å²) in [6.07, 6.45) is 13.1. The molecule has 2 atom stereocenters. The van der Waals surface area contributed by atoms with Crippen molar-refractivity contribution in [3.05, 3.63) is 132 Å². The molecule has 0 aliphatic rings. The molecule has 39 heavy (non-hydrogen) atoms. The third-order valence-corrected chi connectivity index (χ3v) is 7.53. The zero-order valence-corrected chi connectivity index (χ0v) is 22.1. The predicted octanol–water partition coefficient (Wildman–Crippen LogP) is 8.28. The molecule has 2 N–H and O–H groups in total. The number of nitrogens with zero attached hydrogens (tertiary/aromatic N) is 2. The van der Waals surface area contributed by atoms with E-state index in [-0.39, 0.29) is 12.2 Å². The van der Waals surface area contributed by atoms with Gasteiger partial charge in [0.15, 0.2) is 0 Å². The summed E-state index contributed by atoms with van der Waals surface area (Å²) in [6, 6.07) is 30.6. The van der Waals surface area contributed by atoms with Crippen LogP contribution in [-0.2, 0) is 17.6 Å². The lowest BCUT2D eigenvalue weighted by Crippen LogP contribution is -2.12. The largest absolute Gasteiger partial charge is 0.366 e. The van der Waals surface area contributed by atoms with Crippen molar-refractivity contribution in [1.29, 1.82) is 0 Å². The van der Waals surface area contributed by atoms with Crippen LogP contribution < -0.4 is 0 Å². The first-order valence-corrected chi connectivity index (χ1v) is 13.9. The van der Waals surface area contributed by atoms with Gasteiger partial charge in [-0.25, -0.2) is 9.97 Å². The van der Waals surface area contributed by atoms with Crippen molar-refractivity contribution in [3.63, 3.8) is 0 Å². The number of hydrogen-bond acceptors (Lipinski definition) is 3. The molecule has 0 radical (unpaired) electrons. The average molecular weight is 515 g/mol. The van der Waals surface area contributed by atoms with Crippen LogP contribution in [0, 0.1) is 0 Å². The van der Waals surface area contributed by atoms with Gasteiger partial charge in [-0.1, -0.05) is 72.8 Å². The minimum atomic E-state index is -0.0181. The second-order valence-corrected chi connectivity index (χ2v) is 10.2. The summed E-state index contributed by atoms with van der Waals surface area (Å²) in [4.78, 5) is 15.0. The van der Waals surface area contributed by atoms with Crippen LogP contribution in [0.25, 0.3) is 21.5 Å². The third-order valence-electron chi connectivity index (χ3n) is 7.53. The highest BCUT2D eigenvalue weighted by atomic mass is 16.5. The van der Waals surface area contributed by atoms with Crippen molar-refractivity contribution < 1.29 is 4.74 Å². The van der Waals surface area contributed by atoms with Crippen LogP contribution in [0.4, 0.5) is 0 Å². The molecule has 2 heterocycles. The summed E-state index contributed by atoms with van der Waals surface area (Å²) in [7, 11) is 0. The van der Waals surface area contributed by atoms with Crippen molar-refractivity contribution in [2.75, 3.05) is 0 Å². The number of rotatable bonds is 12. The number of hydrogen-bond donors (Lipinski definition) is 2. The molecule has 2 unspecified atom stereocenters. The number of ether oxygens (including phenoxy) is 1. The Bertz CT molecular complexity index is 1490. The zero-order valence-electron chi connectivity index (χ0n) is 22.1. The summed E-state index contributed by atoms with van der Waals surface area (Å²) >= 11 is 0. The van der Waals surface area contributed by atoms with Crippen molar-refractivity contribution in [3.8, 4) is 0 Å². The monoisotopic (exact) mass is 514 g/mol. The molecule has 5 nitrogen and oxygen atoms in total. The van der Waals surface area contributed by atoms with Gasteiger partial charge in [-0.05, 0) is 83.3 Å². The van der Waals surface area contributed by atoms with E-state index in [1.165, 1.54) is 32.7 Å². The van der Waals surface area contributed by atoms with Crippen LogP contribution in [0.5, 0.6) is 0 Å². The average Bonchev–Trinajstić information content (AvgIpc) is 3.70. The minimum Gasteiger partial charge on any atom is -0.366 e. The van der Waals surface area contributed by atoms with E-state index in [4.69, 9.17) is 4.74 Å². The van der Waals surface area contributed by atoms with E-state index in [1.54, 1.807) is 12.7 Å². The Kier molecular flexibility index (Phi) is 7.78. The standard InChI is InChI=1S/C34H34N4O/c1-3-9-27-19-29(17-15-25(27)7-1)33(13-5-11-31-21-35-23-37-31)39-34(14-6-12-32-22-36-24-38-32)30-18-16-26-8-2-4-10-28(26)20-30/h1-4,7-10,15-24,33-34H,5-6,11-14H2,(H,35,37)(H,36,38). The summed E-state index contributed by atoms with van der Waals surface area (Å²) in [5.41, 5.74) is 4.65. The summed E-state index contributed by atoms with van der Waals surface area (Å²) < 4.78 is 7.10. The first-order valence-electron chi connectivity index (χ1n) is 13.9. The van der Waals surface area contributed by atoms with Gasteiger partial charge in [-0.2, -0.15) is 0 Å². The summed E-state index contributed by atoms with van der Waals surface area (Å²) in [5.74, 6) is 0. The Labute approximate surface area is 229 Å². The van der Waals surface area contributed by atoms with E-state index in [1.807, 2.05) is 12.4 Å². The Morgan fingerprint density at radius 1 is 0.564 bits per heavy atom. The normalized spacial score (nSPS) is 13.1. The smallest absolute Gasteiger partial charge is 0.0923 e. The molecule has 0 fully saturated rings. The van der Waals surface area contributed by atoms with Gasteiger partial charge >= 0.3 is 0 Å². The fourth-order valence-corrected chi connectivity index (χ4v) is 5.43. The fraction of sp³-hybridized carbons (Fsp3) is 0.235. The van der Waals surface area contributed by atoms with Gasteiger partial charge in [0, 0.05) is 12.4 Å². The maximum Gasteiger partial charge on any atom is 0.0923 e. The maximum absolute atomic E-state index is 7.10. The molecular formula is C34H34N4O. The van der Waals surface area contributed by atoms with Crippen molar-refractivity contribution in [2.45, 2.75) is 50.7 Å². The van der Waals surface area contributed by atoms with Gasteiger partial charge in [0.1, 0.15) is 0 Å². The van der Waals surface area contributed by atoms with Gasteiger partial charge in [0.25, 0.3) is 0 Å².